The summed E-state index contributed by atoms with van der Waals surface area (Å²) in [5.41, 5.74) is 0.799. The third-order valence-electron chi connectivity index (χ3n) is 7.31. The van der Waals surface area contributed by atoms with Crippen molar-refractivity contribution in [2.45, 2.75) is 108 Å². The quantitative estimate of drug-likeness (QED) is 0.110. The van der Waals surface area contributed by atoms with Gasteiger partial charge in [-0.1, -0.05) is 103 Å². The predicted octanol–water partition coefficient (Wildman–Crippen LogP) is 8.31. The van der Waals surface area contributed by atoms with Gasteiger partial charge in [0.05, 0.1) is 22.7 Å². The summed E-state index contributed by atoms with van der Waals surface area (Å²) in [5, 5.41) is 15.0. The molecule has 0 spiro atoms. The molecule has 0 aliphatic heterocycles. The summed E-state index contributed by atoms with van der Waals surface area (Å²) >= 11 is 5.02. The zero-order valence-electron chi connectivity index (χ0n) is 25.0. The van der Waals surface area contributed by atoms with Crippen LogP contribution in [-0.4, -0.2) is 31.3 Å². The molecule has 1 unspecified atom stereocenters. The highest BCUT2D eigenvalue weighted by atomic mass is 35.5. The van der Waals surface area contributed by atoms with Crippen LogP contribution in [0.4, 0.5) is 11.4 Å². The number of hydrogen-bond acceptors (Lipinski definition) is 6. The average molecular weight is 637 g/mol. The van der Waals surface area contributed by atoms with E-state index in [0.717, 1.165) is 31.7 Å². The van der Waals surface area contributed by atoms with Crippen molar-refractivity contribution >= 4 is 51.1 Å². The summed E-state index contributed by atoms with van der Waals surface area (Å²) < 4.78 is 27.6. The maximum atomic E-state index is 12.7. The van der Waals surface area contributed by atoms with Gasteiger partial charge in [-0.15, -0.1) is 0 Å². The molecule has 9 nitrogen and oxygen atoms in total. The molecular weight excluding hydrogens is 592 g/mol. The fourth-order valence-electron chi connectivity index (χ4n) is 4.86. The number of aliphatic carboxylic acids is 1. The van der Waals surface area contributed by atoms with Crippen molar-refractivity contribution in [3.05, 3.63) is 54.1 Å². The zero-order valence-corrected chi connectivity index (χ0v) is 26.6. The molecule has 0 saturated carbocycles. The number of halogens is 1. The molecule has 0 aliphatic carbocycles. The highest BCUT2D eigenvalue weighted by molar-refractivity contribution is 7.87. The van der Waals surface area contributed by atoms with Crippen LogP contribution in [0, 0.1) is 5.92 Å². The Kier molecular flexibility index (Phi) is 16.9. The number of carboxylic acids is 1. The second kappa shape index (κ2) is 20.1. The van der Waals surface area contributed by atoms with E-state index in [-0.39, 0.29) is 16.9 Å². The second-order valence-electron chi connectivity index (χ2n) is 10.9. The van der Waals surface area contributed by atoms with Gasteiger partial charge in [-0.3, -0.25) is 14.4 Å². The lowest BCUT2D eigenvalue weighted by Gasteiger charge is -2.13. The molecule has 43 heavy (non-hydrogen) atoms. The van der Waals surface area contributed by atoms with Crippen LogP contribution < -0.4 is 10.6 Å². The van der Waals surface area contributed by atoms with Crippen LogP contribution in [0.15, 0.2) is 53.4 Å². The molecule has 3 N–H and O–H groups in total. The molecule has 0 radical (unpaired) electrons. The first-order valence-electron chi connectivity index (χ1n) is 15.3. The van der Waals surface area contributed by atoms with Gasteiger partial charge >= 0.3 is 16.1 Å². The van der Waals surface area contributed by atoms with E-state index in [9.17, 15) is 27.9 Å². The molecule has 238 valence electrons. The number of anilines is 2. The van der Waals surface area contributed by atoms with Crippen molar-refractivity contribution < 1.29 is 31.6 Å². The van der Waals surface area contributed by atoms with Crippen molar-refractivity contribution in [1.29, 1.82) is 0 Å². The van der Waals surface area contributed by atoms with Crippen molar-refractivity contribution in [1.82, 2.24) is 0 Å². The molecule has 11 heteroatoms. The Hall–Kier alpha value is -2.95. The molecular formula is C32H45ClN2O7S. The molecule has 0 bridgehead atoms. The van der Waals surface area contributed by atoms with E-state index in [1.54, 1.807) is 18.2 Å². The fraction of sp³-hybridized carbons (Fsp3) is 0.531. The summed E-state index contributed by atoms with van der Waals surface area (Å²) in [6, 6.07) is 11.6. The number of carboxylic acid groups (broad SMARTS) is 1. The maximum absolute atomic E-state index is 12.7. The summed E-state index contributed by atoms with van der Waals surface area (Å²) in [7, 11) is -4.19. The number of nitrogens with one attached hydrogen (secondary N) is 2. The minimum absolute atomic E-state index is 0.0571. The first-order valence-corrected chi connectivity index (χ1v) is 17.0. The molecule has 2 rings (SSSR count). The largest absolute Gasteiger partial charge is 0.481 e. The standard InChI is InChI=1S/C32H45ClN2O7S/c1-2-3-4-5-6-7-8-9-10-11-12-13-14-17-26(32(38)39)23-30(36)34-27-19-16-20-28(24-27)35-31(37)25-18-15-21-29(22-25)43(40,41)42-33/h15-16,18-22,24,26H,2-14,17,23H2,1H3,(H,34,36)(H,35,37)(H,38,39). The summed E-state index contributed by atoms with van der Waals surface area (Å²) in [5.74, 6) is -2.77. The highest BCUT2D eigenvalue weighted by Gasteiger charge is 2.21. The molecule has 0 saturated heterocycles. The van der Waals surface area contributed by atoms with E-state index in [0.29, 0.717) is 17.8 Å². The molecule has 2 aromatic rings. The van der Waals surface area contributed by atoms with Gasteiger partial charge in [0.2, 0.25) is 5.91 Å². The number of unbranched alkanes of at least 4 members (excludes halogenated alkanes) is 12. The lowest BCUT2D eigenvalue weighted by Crippen LogP contribution is -2.22. The monoisotopic (exact) mass is 636 g/mol. The number of rotatable bonds is 22. The van der Waals surface area contributed by atoms with Crippen LogP contribution in [-0.2, 0) is 23.4 Å². The highest BCUT2D eigenvalue weighted by Crippen LogP contribution is 2.21. The molecule has 0 aliphatic rings. The Morgan fingerprint density at radius 2 is 1.33 bits per heavy atom. The van der Waals surface area contributed by atoms with Gasteiger partial charge in [0.1, 0.15) is 0 Å². The third kappa shape index (κ3) is 14.4. The number of benzene rings is 2. The average Bonchev–Trinajstić information content (AvgIpc) is 2.99. The lowest BCUT2D eigenvalue weighted by molar-refractivity contribution is -0.143. The Bertz CT molecular complexity index is 1270. The zero-order chi connectivity index (χ0) is 31.5. The van der Waals surface area contributed by atoms with Gasteiger partial charge in [0.15, 0.2) is 0 Å². The van der Waals surface area contributed by atoms with Crippen LogP contribution >= 0.6 is 11.9 Å². The number of amides is 2. The second-order valence-corrected chi connectivity index (χ2v) is 12.8. The number of carbonyl (C=O) groups is 3. The van der Waals surface area contributed by atoms with Crippen molar-refractivity contribution in [2.75, 3.05) is 10.6 Å². The Morgan fingerprint density at radius 3 is 1.88 bits per heavy atom. The summed E-state index contributed by atoms with van der Waals surface area (Å²) in [6.45, 7) is 2.23. The smallest absolute Gasteiger partial charge is 0.312 e. The first kappa shape index (κ1) is 36.2. The fourth-order valence-corrected chi connectivity index (χ4v) is 5.67. The van der Waals surface area contributed by atoms with Crippen LogP contribution in [0.3, 0.4) is 0 Å². The van der Waals surface area contributed by atoms with Crippen LogP contribution in [0.25, 0.3) is 0 Å². The van der Waals surface area contributed by atoms with Gasteiger partial charge < -0.3 is 15.7 Å². The van der Waals surface area contributed by atoms with Gasteiger partial charge in [-0.2, -0.15) is 12.2 Å². The molecule has 0 heterocycles. The summed E-state index contributed by atoms with van der Waals surface area (Å²) in [4.78, 5) is 36.8. The molecule has 2 aromatic carbocycles. The van der Waals surface area contributed by atoms with Crippen LogP contribution in [0.2, 0.25) is 0 Å². The molecule has 0 aromatic heterocycles. The number of carbonyl (C=O) groups excluding carboxylic acids is 2. The Morgan fingerprint density at radius 1 is 0.791 bits per heavy atom. The van der Waals surface area contributed by atoms with Crippen LogP contribution in [0.5, 0.6) is 0 Å². The summed E-state index contributed by atoms with van der Waals surface area (Å²) in [6.07, 6.45) is 16.0. The minimum atomic E-state index is -4.19. The van der Waals surface area contributed by atoms with E-state index in [2.05, 4.69) is 21.3 Å². The Balaban J connectivity index is 1.74. The molecule has 0 fully saturated rings. The maximum Gasteiger partial charge on any atom is 0.312 e. The SMILES string of the molecule is CCCCCCCCCCCCCCCC(CC(=O)Nc1cccc(NC(=O)c2cccc(S(=O)(=O)OCl)c2)c1)C(=O)O. The third-order valence-corrected chi connectivity index (χ3v) is 8.80. The normalized spacial score (nSPS) is 12.0. The molecule has 1 atom stereocenters. The predicted molar refractivity (Wildman–Crippen MR) is 170 cm³/mol. The first-order chi connectivity index (χ1) is 20.7. The van der Waals surface area contributed by atoms with E-state index >= 15 is 0 Å². The van der Waals surface area contributed by atoms with Crippen LogP contribution in [0.1, 0.15) is 114 Å². The van der Waals surface area contributed by atoms with E-state index < -0.39 is 33.8 Å². The van der Waals surface area contributed by atoms with Crippen molar-refractivity contribution in [3.8, 4) is 0 Å². The van der Waals surface area contributed by atoms with Gasteiger partial charge in [0, 0.05) is 23.4 Å². The van der Waals surface area contributed by atoms with E-state index in [1.165, 1.54) is 82.1 Å². The van der Waals surface area contributed by atoms with E-state index in [1.807, 2.05) is 0 Å². The van der Waals surface area contributed by atoms with E-state index in [4.69, 9.17) is 11.9 Å². The van der Waals surface area contributed by atoms with Gasteiger partial charge in [-0.25, -0.2) is 0 Å². The van der Waals surface area contributed by atoms with Crippen molar-refractivity contribution in [3.63, 3.8) is 0 Å². The Labute approximate surface area is 261 Å². The topological polar surface area (TPSA) is 139 Å². The minimum Gasteiger partial charge on any atom is -0.481 e. The van der Waals surface area contributed by atoms with Gasteiger partial charge in [0.25, 0.3) is 5.91 Å². The lowest BCUT2D eigenvalue weighted by atomic mass is 9.96. The number of hydrogen-bond donors (Lipinski definition) is 3. The molecule has 2 amide bonds. The van der Waals surface area contributed by atoms with Gasteiger partial charge in [-0.05, 0) is 42.8 Å². The van der Waals surface area contributed by atoms with Crippen molar-refractivity contribution in [2.24, 2.45) is 5.92 Å².